The van der Waals surface area contributed by atoms with Crippen LogP contribution in [0.5, 0.6) is 0 Å². The summed E-state index contributed by atoms with van der Waals surface area (Å²) in [5, 5.41) is 9.01. The summed E-state index contributed by atoms with van der Waals surface area (Å²) >= 11 is 0. The first-order chi connectivity index (χ1) is 16.7. The van der Waals surface area contributed by atoms with Gasteiger partial charge in [-0.15, -0.1) is 0 Å². The van der Waals surface area contributed by atoms with Crippen molar-refractivity contribution in [2.75, 3.05) is 0 Å². The maximum Gasteiger partial charge on any atom is 0.246 e. The van der Waals surface area contributed by atoms with Gasteiger partial charge < -0.3 is 4.98 Å². The lowest BCUT2D eigenvalue weighted by Gasteiger charge is -2.39. The predicted molar refractivity (Wildman–Crippen MR) is 139 cm³/mol. The average molecular weight is 469 g/mol. The van der Waals surface area contributed by atoms with Crippen LogP contribution in [0.1, 0.15) is 62.3 Å². The number of carbonyl (C=O) groups excluding carboxylic acids is 1. The number of hydrogen-bond acceptors (Lipinski definition) is 4. The van der Waals surface area contributed by atoms with E-state index in [-0.39, 0.29) is 17.2 Å². The molecule has 1 aliphatic carbocycles. The number of imidazole rings is 1. The fourth-order valence-electron chi connectivity index (χ4n) is 5.46. The number of aryl methyl sites for hydroxylation is 1. The number of amides is 1. The highest BCUT2D eigenvalue weighted by atomic mass is 16.2. The fourth-order valence-corrected chi connectivity index (χ4v) is 5.46. The number of H-pyrrole nitrogens is 1. The predicted octanol–water partition coefficient (Wildman–Crippen LogP) is 5.43. The minimum Gasteiger partial charge on any atom is -0.342 e. The maximum atomic E-state index is 13.4. The van der Waals surface area contributed by atoms with E-state index in [9.17, 15) is 4.79 Å². The number of rotatable bonds is 5. The molecule has 7 heteroatoms. The van der Waals surface area contributed by atoms with E-state index in [0.29, 0.717) is 0 Å². The SMILES string of the molecule is Cc1nn(-c2ccccc2)c(C)c1/C=N\NC(=O)[C@]1(C)CC[C@@H](c2nc3ccccc3[nH]2)C1(C)C. The van der Waals surface area contributed by atoms with Gasteiger partial charge in [-0.1, -0.05) is 51.1 Å². The van der Waals surface area contributed by atoms with Crippen molar-refractivity contribution in [3.05, 3.63) is 77.4 Å². The van der Waals surface area contributed by atoms with E-state index in [1.807, 2.05) is 80.1 Å². The Balaban J connectivity index is 1.34. The molecule has 2 heterocycles. The molecular formula is C28H32N6O. The van der Waals surface area contributed by atoms with Gasteiger partial charge in [0.2, 0.25) is 5.91 Å². The van der Waals surface area contributed by atoms with Crippen molar-refractivity contribution in [3.63, 3.8) is 0 Å². The van der Waals surface area contributed by atoms with Crippen molar-refractivity contribution in [1.82, 2.24) is 25.2 Å². The second-order valence-corrected chi connectivity index (χ2v) is 10.3. The summed E-state index contributed by atoms with van der Waals surface area (Å²) in [6.45, 7) is 10.3. The third kappa shape index (κ3) is 3.75. The summed E-state index contributed by atoms with van der Waals surface area (Å²) in [5.74, 6) is 1.04. The summed E-state index contributed by atoms with van der Waals surface area (Å²) < 4.78 is 1.90. The molecule has 4 aromatic rings. The Morgan fingerprint density at radius 1 is 1.11 bits per heavy atom. The number of hydrogen-bond donors (Lipinski definition) is 2. The molecule has 0 spiro atoms. The van der Waals surface area contributed by atoms with Crippen LogP contribution in [0.15, 0.2) is 59.7 Å². The van der Waals surface area contributed by atoms with Gasteiger partial charge in [-0.3, -0.25) is 4.79 Å². The lowest BCUT2D eigenvalue weighted by molar-refractivity contribution is -0.135. The molecule has 2 atom stereocenters. The Labute approximate surface area is 205 Å². The number of nitrogens with one attached hydrogen (secondary N) is 2. The molecule has 5 rings (SSSR count). The Kier molecular flexibility index (Phi) is 5.58. The Hall–Kier alpha value is -3.74. The second-order valence-electron chi connectivity index (χ2n) is 10.3. The number of benzene rings is 2. The van der Waals surface area contributed by atoms with Gasteiger partial charge in [-0.2, -0.15) is 10.2 Å². The van der Waals surface area contributed by atoms with Gasteiger partial charge in [-0.05, 0) is 56.4 Å². The van der Waals surface area contributed by atoms with Crippen LogP contribution in [-0.4, -0.2) is 31.9 Å². The summed E-state index contributed by atoms with van der Waals surface area (Å²) in [4.78, 5) is 21.8. The molecule has 0 saturated heterocycles. The molecule has 0 unspecified atom stereocenters. The molecule has 0 bridgehead atoms. The van der Waals surface area contributed by atoms with E-state index in [0.717, 1.165) is 52.3 Å². The molecule has 180 valence electrons. The lowest BCUT2D eigenvalue weighted by atomic mass is 9.65. The maximum absolute atomic E-state index is 13.4. The van der Waals surface area contributed by atoms with Crippen LogP contribution in [0.3, 0.4) is 0 Å². The molecule has 7 nitrogen and oxygen atoms in total. The summed E-state index contributed by atoms with van der Waals surface area (Å²) in [7, 11) is 0. The minimum absolute atomic E-state index is 0.0666. The van der Waals surface area contributed by atoms with Crippen molar-refractivity contribution in [1.29, 1.82) is 0 Å². The van der Waals surface area contributed by atoms with Crippen LogP contribution in [0, 0.1) is 24.7 Å². The van der Waals surface area contributed by atoms with Crippen molar-refractivity contribution < 1.29 is 4.79 Å². The van der Waals surface area contributed by atoms with Crippen LogP contribution in [0.4, 0.5) is 0 Å². The van der Waals surface area contributed by atoms with Gasteiger partial charge in [-0.25, -0.2) is 15.1 Å². The van der Waals surface area contributed by atoms with E-state index in [2.05, 4.69) is 34.5 Å². The molecule has 2 N–H and O–H groups in total. The van der Waals surface area contributed by atoms with Crippen LogP contribution in [-0.2, 0) is 4.79 Å². The zero-order valence-electron chi connectivity index (χ0n) is 21.0. The molecule has 2 aromatic heterocycles. The third-order valence-electron chi connectivity index (χ3n) is 8.17. The Morgan fingerprint density at radius 3 is 2.57 bits per heavy atom. The molecule has 1 aliphatic rings. The zero-order chi connectivity index (χ0) is 24.8. The Morgan fingerprint density at radius 2 is 1.83 bits per heavy atom. The summed E-state index contributed by atoms with van der Waals surface area (Å²) in [6.07, 6.45) is 3.37. The van der Waals surface area contributed by atoms with Crippen LogP contribution >= 0.6 is 0 Å². The van der Waals surface area contributed by atoms with Crippen LogP contribution in [0.25, 0.3) is 16.7 Å². The standard InChI is InChI=1S/C28H32N6O/c1-18-21(19(2)34(33-18)20-11-7-6-8-12-20)17-29-32-26(35)28(5)16-15-22(27(28,3)4)25-30-23-13-9-10-14-24(23)31-25/h6-14,17,22H,15-16H2,1-5H3,(H,30,31)(H,32,35)/b29-17-/t22-,28-/m0/s1. The zero-order valence-corrected chi connectivity index (χ0v) is 21.0. The first kappa shape index (κ1) is 23.0. The van der Waals surface area contributed by atoms with Crippen LogP contribution < -0.4 is 5.43 Å². The number of fused-ring (bicyclic) bond motifs is 1. The number of para-hydroxylation sites is 3. The van der Waals surface area contributed by atoms with Gasteiger partial charge in [0, 0.05) is 11.5 Å². The highest BCUT2D eigenvalue weighted by molar-refractivity contribution is 5.87. The molecule has 0 aliphatic heterocycles. The largest absolute Gasteiger partial charge is 0.342 e. The topological polar surface area (TPSA) is 88.0 Å². The average Bonchev–Trinajstić information content (AvgIpc) is 3.47. The minimum atomic E-state index is -0.577. The molecule has 1 amide bonds. The van der Waals surface area contributed by atoms with Gasteiger partial charge in [0.05, 0.1) is 39.7 Å². The Bertz CT molecular complexity index is 1380. The van der Waals surface area contributed by atoms with Crippen molar-refractivity contribution >= 4 is 23.2 Å². The molecule has 1 fully saturated rings. The monoisotopic (exact) mass is 468 g/mol. The first-order valence-electron chi connectivity index (χ1n) is 12.1. The van der Waals surface area contributed by atoms with Crippen molar-refractivity contribution in [2.45, 2.75) is 53.4 Å². The van der Waals surface area contributed by atoms with Gasteiger partial charge in [0.1, 0.15) is 5.82 Å². The van der Waals surface area contributed by atoms with Crippen molar-refractivity contribution in [3.8, 4) is 5.69 Å². The first-order valence-corrected chi connectivity index (χ1v) is 12.1. The highest BCUT2D eigenvalue weighted by Gasteiger charge is 2.57. The van der Waals surface area contributed by atoms with E-state index < -0.39 is 5.41 Å². The number of hydrazone groups is 1. The lowest BCUT2D eigenvalue weighted by Crippen LogP contribution is -2.45. The van der Waals surface area contributed by atoms with Gasteiger partial charge in [0.25, 0.3) is 0 Å². The van der Waals surface area contributed by atoms with Gasteiger partial charge >= 0.3 is 0 Å². The normalized spacial score (nSPS) is 21.7. The third-order valence-corrected chi connectivity index (χ3v) is 8.17. The summed E-state index contributed by atoms with van der Waals surface area (Å²) in [6, 6.07) is 18.1. The van der Waals surface area contributed by atoms with E-state index in [4.69, 9.17) is 4.98 Å². The number of aromatic amines is 1. The number of carbonyl (C=O) groups is 1. The fraction of sp³-hybridized carbons (Fsp3) is 0.357. The van der Waals surface area contributed by atoms with E-state index in [1.165, 1.54) is 0 Å². The highest BCUT2D eigenvalue weighted by Crippen LogP contribution is 2.59. The van der Waals surface area contributed by atoms with Crippen molar-refractivity contribution in [2.24, 2.45) is 15.9 Å². The molecule has 2 aromatic carbocycles. The molecule has 1 saturated carbocycles. The van der Waals surface area contributed by atoms with Crippen LogP contribution in [0.2, 0.25) is 0 Å². The smallest absolute Gasteiger partial charge is 0.246 e. The molecule has 35 heavy (non-hydrogen) atoms. The summed E-state index contributed by atoms with van der Waals surface area (Å²) in [5.41, 5.74) is 7.69. The quantitative estimate of drug-likeness (QED) is 0.303. The molecule has 0 radical (unpaired) electrons. The molecular weight excluding hydrogens is 436 g/mol. The van der Waals surface area contributed by atoms with E-state index >= 15 is 0 Å². The van der Waals surface area contributed by atoms with Gasteiger partial charge in [0.15, 0.2) is 0 Å². The number of nitrogens with zero attached hydrogens (tertiary/aromatic N) is 4. The second kappa shape index (κ2) is 8.48. The van der Waals surface area contributed by atoms with E-state index in [1.54, 1.807) is 6.21 Å². The number of aromatic nitrogens is 4.